The fourth-order valence-corrected chi connectivity index (χ4v) is 3.92. The van der Waals surface area contributed by atoms with Gasteiger partial charge in [0.05, 0.1) is 10.9 Å². The van der Waals surface area contributed by atoms with Crippen molar-refractivity contribution in [1.82, 2.24) is 4.72 Å². The van der Waals surface area contributed by atoms with Crippen molar-refractivity contribution in [3.63, 3.8) is 0 Å². The average molecular weight is 283 g/mol. The summed E-state index contributed by atoms with van der Waals surface area (Å²) >= 11 is 0. The third-order valence-corrected chi connectivity index (χ3v) is 4.79. The normalized spacial score (nSPS) is 13.6. The van der Waals surface area contributed by atoms with Gasteiger partial charge in [-0.05, 0) is 37.8 Å². The molecule has 1 aromatic rings. The van der Waals surface area contributed by atoms with Gasteiger partial charge in [0.25, 0.3) is 0 Å². The van der Waals surface area contributed by atoms with E-state index in [2.05, 4.69) is 4.72 Å². The summed E-state index contributed by atoms with van der Waals surface area (Å²) < 4.78 is 27.2. The van der Waals surface area contributed by atoms with Gasteiger partial charge >= 0.3 is 0 Å². The lowest BCUT2D eigenvalue weighted by molar-refractivity contribution is -0.110. The molecule has 1 unspecified atom stereocenters. The van der Waals surface area contributed by atoms with Crippen LogP contribution in [0.4, 0.5) is 0 Å². The molecule has 0 amide bonds. The van der Waals surface area contributed by atoms with Crippen molar-refractivity contribution in [3.05, 3.63) is 28.8 Å². The van der Waals surface area contributed by atoms with Gasteiger partial charge in [-0.2, -0.15) is 0 Å². The fourth-order valence-electron chi connectivity index (χ4n) is 2.15. The molecule has 0 aliphatic rings. The largest absolute Gasteiger partial charge is 0.302 e. The Morgan fingerprint density at radius 1 is 1.11 bits per heavy atom. The Labute approximate surface area is 115 Å². The summed E-state index contributed by atoms with van der Waals surface area (Å²) in [5, 5.41) is 0. The number of carbonyl (C=O) groups excluding carboxylic acids is 1. The van der Waals surface area contributed by atoms with Crippen molar-refractivity contribution >= 4 is 16.3 Å². The third kappa shape index (κ3) is 3.64. The first-order chi connectivity index (χ1) is 8.69. The maximum atomic E-state index is 12.4. The van der Waals surface area contributed by atoms with E-state index >= 15 is 0 Å². The zero-order valence-corrected chi connectivity index (χ0v) is 12.8. The number of sulfonamides is 1. The molecule has 5 heteroatoms. The molecule has 1 atom stereocenters. The first kappa shape index (κ1) is 15.9. The molecule has 0 aliphatic heterocycles. The van der Waals surface area contributed by atoms with Crippen molar-refractivity contribution in [3.8, 4) is 0 Å². The lowest BCUT2D eigenvalue weighted by atomic mass is 10.1. The van der Waals surface area contributed by atoms with Gasteiger partial charge in [-0.15, -0.1) is 0 Å². The monoisotopic (exact) mass is 283 g/mol. The molecule has 1 rings (SSSR count). The molecule has 0 bridgehead atoms. The Morgan fingerprint density at radius 2 is 1.58 bits per heavy atom. The molecule has 4 nitrogen and oxygen atoms in total. The van der Waals surface area contributed by atoms with Gasteiger partial charge in [-0.3, -0.25) is 0 Å². The van der Waals surface area contributed by atoms with E-state index in [1.165, 1.54) is 0 Å². The molecule has 0 saturated carbocycles. The Balaban J connectivity index is 3.25. The number of rotatable bonds is 5. The van der Waals surface area contributed by atoms with Crippen LogP contribution >= 0.6 is 0 Å². The topological polar surface area (TPSA) is 63.2 Å². The van der Waals surface area contributed by atoms with Crippen LogP contribution in [-0.4, -0.2) is 20.7 Å². The highest BCUT2D eigenvalue weighted by Gasteiger charge is 2.25. The van der Waals surface area contributed by atoms with Crippen molar-refractivity contribution in [1.29, 1.82) is 0 Å². The summed E-state index contributed by atoms with van der Waals surface area (Å²) in [6.07, 6.45) is 0.640. The zero-order valence-electron chi connectivity index (χ0n) is 12.0. The third-order valence-electron chi connectivity index (χ3n) is 3.03. The second-order valence-corrected chi connectivity index (χ2v) is 6.91. The van der Waals surface area contributed by atoms with E-state index < -0.39 is 16.1 Å². The van der Waals surface area contributed by atoms with Crippen molar-refractivity contribution in [2.24, 2.45) is 5.92 Å². The van der Waals surface area contributed by atoms with Crippen molar-refractivity contribution < 1.29 is 13.2 Å². The predicted octanol–water partition coefficient (Wildman–Crippen LogP) is 2.11. The first-order valence-electron chi connectivity index (χ1n) is 6.24. The number of nitrogens with one attached hydrogen (secondary N) is 1. The highest BCUT2D eigenvalue weighted by Crippen LogP contribution is 2.22. The molecule has 1 aromatic carbocycles. The molecule has 0 aromatic heterocycles. The van der Waals surface area contributed by atoms with Crippen LogP contribution in [0, 0.1) is 26.7 Å². The van der Waals surface area contributed by atoms with Gasteiger partial charge in [-0.1, -0.05) is 31.5 Å². The number of aryl methyl sites for hydroxylation is 3. The summed E-state index contributed by atoms with van der Waals surface area (Å²) in [5.41, 5.74) is 2.40. The quantitative estimate of drug-likeness (QED) is 0.842. The Bertz CT molecular complexity index is 553. The number of hydrogen-bond acceptors (Lipinski definition) is 3. The van der Waals surface area contributed by atoms with E-state index in [9.17, 15) is 13.2 Å². The smallest absolute Gasteiger partial charge is 0.241 e. The molecular weight excluding hydrogens is 262 g/mol. The molecule has 0 heterocycles. The van der Waals surface area contributed by atoms with E-state index in [0.717, 1.165) is 5.56 Å². The van der Waals surface area contributed by atoms with Crippen LogP contribution in [0.5, 0.6) is 0 Å². The SMILES string of the molecule is Cc1cc(C)c(S(=O)(=O)NC(C=O)C(C)C)c(C)c1. The molecule has 0 spiro atoms. The highest BCUT2D eigenvalue weighted by molar-refractivity contribution is 7.89. The van der Waals surface area contributed by atoms with Crippen molar-refractivity contribution in [2.75, 3.05) is 0 Å². The van der Waals surface area contributed by atoms with Gasteiger partial charge in [0.15, 0.2) is 0 Å². The van der Waals surface area contributed by atoms with Crippen LogP contribution in [-0.2, 0) is 14.8 Å². The molecule has 0 saturated heterocycles. The van der Waals surface area contributed by atoms with Gasteiger partial charge in [0, 0.05) is 0 Å². The lowest BCUT2D eigenvalue weighted by Crippen LogP contribution is -2.40. The molecule has 106 valence electrons. The molecule has 0 aliphatic carbocycles. The van der Waals surface area contributed by atoms with E-state index in [1.807, 2.05) is 19.1 Å². The van der Waals surface area contributed by atoms with Crippen LogP contribution in [0.1, 0.15) is 30.5 Å². The van der Waals surface area contributed by atoms with Crippen LogP contribution in [0.3, 0.4) is 0 Å². The summed E-state index contributed by atoms with van der Waals surface area (Å²) in [6.45, 7) is 9.05. The summed E-state index contributed by atoms with van der Waals surface area (Å²) in [6, 6.07) is 2.95. The Morgan fingerprint density at radius 3 is 1.95 bits per heavy atom. The standard InChI is InChI=1S/C14H21NO3S/c1-9(2)13(8-16)15-19(17,18)14-11(4)6-10(3)7-12(14)5/h6-9,13,15H,1-5H3. The van der Waals surface area contributed by atoms with Gasteiger partial charge in [-0.25, -0.2) is 13.1 Å². The summed E-state index contributed by atoms with van der Waals surface area (Å²) in [4.78, 5) is 11.2. The molecular formula is C14H21NO3S. The molecule has 0 fully saturated rings. The molecule has 19 heavy (non-hydrogen) atoms. The first-order valence-corrected chi connectivity index (χ1v) is 7.73. The summed E-state index contributed by atoms with van der Waals surface area (Å²) in [5.74, 6) is -0.0849. The van der Waals surface area contributed by atoms with Gasteiger partial charge in [0.1, 0.15) is 6.29 Å². The van der Waals surface area contributed by atoms with Crippen LogP contribution in [0.15, 0.2) is 17.0 Å². The van der Waals surface area contributed by atoms with Gasteiger partial charge in [0.2, 0.25) is 10.0 Å². The Hall–Kier alpha value is -1.20. The minimum absolute atomic E-state index is 0.0849. The highest BCUT2D eigenvalue weighted by atomic mass is 32.2. The van der Waals surface area contributed by atoms with Crippen molar-refractivity contribution in [2.45, 2.75) is 45.6 Å². The molecule has 1 N–H and O–H groups in total. The maximum Gasteiger partial charge on any atom is 0.241 e. The van der Waals surface area contributed by atoms with Crippen LogP contribution in [0.25, 0.3) is 0 Å². The minimum atomic E-state index is -3.68. The van der Waals surface area contributed by atoms with E-state index in [4.69, 9.17) is 0 Å². The second kappa shape index (κ2) is 5.84. The van der Waals surface area contributed by atoms with Crippen LogP contribution < -0.4 is 4.72 Å². The fraction of sp³-hybridized carbons (Fsp3) is 0.500. The van der Waals surface area contributed by atoms with E-state index in [0.29, 0.717) is 17.4 Å². The number of carbonyl (C=O) groups is 1. The predicted molar refractivity (Wildman–Crippen MR) is 75.7 cm³/mol. The van der Waals surface area contributed by atoms with Crippen LogP contribution in [0.2, 0.25) is 0 Å². The zero-order chi connectivity index (χ0) is 14.8. The maximum absolute atomic E-state index is 12.4. The Kier molecular flexibility index (Phi) is 4.87. The second-order valence-electron chi connectivity index (χ2n) is 5.26. The molecule has 0 radical (unpaired) electrons. The lowest BCUT2D eigenvalue weighted by Gasteiger charge is -2.19. The van der Waals surface area contributed by atoms with E-state index in [1.54, 1.807) is 27.7 Å². The minimum Gasteiger partial charge on any atom is -0.302 e. The number of hydrogen-bond donors (Lipinski definition) is 1. The van der Waals surface area contributed by atoms with Gasteiger partial charge < -0.3 is 4.79 Å². The average Bonchev–Trinajstić information content (AvgIpc) is 2.23. The summed E-state index contributed by atoms with van der Waals surface area (Å²) in [7, 11) is -3.68. The van der Waals surface area contributed by atoms with E-state index in [-0.39, 0.29) is 10.8 Å². The number of benzene rings is 1. The number of aldehydes is 1.